The summed E-state index contributed by atoms with van der Waals surface area (Å²) < 4.78 is 12.9. The number of anilines is 1. The summed E-state index contributed by atoms with van der Waals surface area (Å²) in [5.74, 6) is -1.07. The lowest BCUT2D eigenvalue weighted by Crippen LogP contribution is -2.36. The number of hydrogen-bond donors (Lipinski definition) is 1. The molecule has 6 heteroatoms. The van der Waals surface area contributed by atoms with Crippen LogP contribution >= 0.6 is 0 Å². The second-order valence-electron chi connectivity index (χ2n) is 6.88. The molecule has 1 saturated heterocycles. The molecule has 0 bridgehead atoms. The molecular weight excluding hydrogens is 359 g/mol. The van der Waals surface area contributed by atoms with Gasteiger partial charge in [-0.3, -0.25) is 14.4 Å². The minimum Gasteiger partial charge on any atom is -0.339 e. The van der Waals surface area contributed by atoms with E-state index in [0.717, 1.165) is 32.4 Å². The molecule has 2 amide bonds. The molecule has 0 atom stereocenters. The molecule has 0 spiro atoms. The van der Waals surface area contributed by atoms with Crippen LogP contribution < -0.4 is 5.32 Å². The number of nitrogens with one attached hydrogen (secondary N) is 1. The van der Waals surface area contributed by atoms with Crippen molar-refractivity contribution in [3.05, 3.63) is 65.5 Å². The van der Waals surface area contributed by atoms with Crippen LogP contribution in [0.15, 0.2) is 48.5 Å². The molecule has 28 heavy (non-hydrogen) atoms. The Balaban J connectivity index is 1.60. The summed E-state index contributed by atoms with van der Waals surface area (Å²) >= 11 is 0. The molecule has 0 radical (unpaired) electrons. The zero-order valence-electron chi connectivity index (χ0n) is 15.6. The maximum absolute atomic E-state index is 12.9. The summed E-state index contributed by atoms with van der Waals surface area (Å²) in [5, 5.41) is 2.75. The van der Waals surface area contributed by atoms with E-state index in [2.05, 4.69) is 5.32 Å². The fourth-order valence-electron chi connectivity index (χ4n) is 3.27. The fourth-order valence-corrected chi connectivity index (χ4v) is 3.27. The molecule has 5 nitrogen and oxygen atoms in total. The first-order chi connectivity index (χ1) is 13.5. The van der Waals surface area contributed by atoms with Gasteiger partial charge in [0.1, 0.15) is 5.82 Å². The van der Waals surface area contributed by atoms with Gasteiger partial charge in [-0.2, -0.15) is 0 Å². The van der Waals surface area contributed by atoms with Crippen molar-refractivity contribution in [3.63, 3.8) is 0 Å². The number of para-hydroxylation sites is 1. The lowest BCUT2D eigenvalue weighted by atomic mass is 10.1. The number of amides is 2. The third kappa shape index (κ3) is 5.03. The third-order valence-electron chi connectivity index (χ3n) is 4.82. The number of benzene rings is 2. The number of nitrogens with zero attached hydrogens (tertiary/aromatic N) is 1. The van der Waals surface area contributed by atoms with Crippen molar-refractivity contribution in [2.24, 2.45) is 0 Å². The predicted octanol–water partition coefficient (Wildman–Crippen LogP) is 4.05. The van der Waals surface area contributed by atoms with E-state index >= 15 is 0 Å². The van der Waals surface area contributed by atoms with Gasteiger partial charge in [-0.05, 0) is 55.7 Å². The quantitative estimate of drug-likeness (QED) is 0.767. The first-order valence-corrected chi connectivity index (χ1v) is 9.51. The number of hydrogen-bond acceptors (Lipinski definition) is 3. The van der Waals surface area contributed by atoms with Crippen molar-refractivity contribution in [2.45, 2.75) is 32.1 Å². The summed E-state index contributed by atoms with van der Waals surface area (Å²) in [6, 6.07) is 12.2. The van der Waals surface area contributed by atoms with Gasteiger partial charge in [-0.1, -0.05) is 12.1 Å². The Kier molecular flexibility index (Phi) is 6.53. The number of likely N-dealkylation sites (tertiary alicyclic amines) is 1. The molecule has 0 aliphatic carbocycles. The Morgan fingerprint density at radius 2 is 1.57 bits per heavy atom. The zero-order chi connectivity index (χ0) is 19.9. The smallest absolute Gasteiger partial charge is 0.255 e. The number of rotatable bonds is 6. The topological polar surface area (TPSA) is 66.5 Å². The van der Waals surface area contributed by atoms with Gasteiger partial charge >= 0.3 is 0 Å². The monoisotopic (exact) mass is 382 g/mol. The van der Waals surface area contributed by atoms with Crippen LogP contribution in [-0.2, 0) is 4.79 Å². The molecule has 1 N–H and O–H groups in total. The van der Waals surface area contributed by atoms with E-state index in [4.69, 9.17) is 0 Å². The van der Waals surface area contributed by atoms with Crippen molar-refractivity contribution in [1.82, 2.24) is 4.90 Å². The normalized spacial score (nSPS) is 13.8. The molecule has 3 rings (SSSR count). The maximum Gasteiger partial charge on any atom is 0.255 e. The second kappa shape index (κ2) is 9.26. The number of Topliss-reactive ketones (excluding diaryl/α,β-unsaturated/α-hetero) is 1. The number of ketones is 1. The highest BCUT2D eigenvalue weighted by molar-refractivity contribution is 6.05. The van der Waals surface area contributed by atoms with E-state index in [-0.39, 0.29) is 30.4 Å². The predicted molar refractivity (Wildman–Crippen MR) is 105 cm³/mol. The van der Waals surface area contributed by atoms with E-state index in [0.29, 0.717) is 16.8 Å². The van der Waals surface area contributed by atoms with E-state index in [9.17, 15) is 18.8 Å². The van der Waals surface area contributed by atoms with Crippen molar-refractivity contribution in [2.75, 3.05) is 18.4 Å². The van der Waals surface area contributed by atoms with Gasteiger partial charge < -0.3 is 10.2 Å². The highest BCUT2D eigenvalue weighted by Crippen LogP contribution is 2.20. The maximum atomic E-state index is 12.9. The number of carbonyl (C=O) groups excluding carboxylic acids is 3. The fraction of sp³-hybridized carbons (Fsp3) is 0.318. The third-order valence-corrected chi connectivity index (χ3v) is 4.82. The number of halogens is 1. The standard InChI is InChI=1S/C22H23FN2O3/c23-17-10-8-16(9-11-17)20(26)12-13-21(27)24-19-7-3-2-6-18(19)22(28)25-14-4-1-5-15-25/h2-3,6-11H,1,4-5,12-15H2,(H,24,27). The summed E-state index contributed by atoms with van der Waals surface area (Å²) in [7, 11) is 0. The van der Waals surface area contributed by atoms with Crippen LogP contribution in [0, 0.1) is 5.82 Å². The summed E-state index contributed by atoms with van der Waals surface area (Å²) in [5.41, 5.74) is 1.29. The van der Waals surface area contributed by atoms with E-state index in [1.807, 2.05) is 4.90 Å². The van der Waals surface area contributed by atoms with Crippen LogP contribution in [0.3, 0.4) is 0 Å². The van der Waals surface area contributed by atoms with E-state index in [1.54, 1.807) is 24.3 Å². The van der Waals surface area contributed by atoms with Gasteiger partial charge in [0.05, 0.1) is 11.3 Å². The number of carbonyl (C=O) groups is 3. The largest absolute Gasteiger partial charge is 0.339 e. The first-order valence-electron chi connectivity index (χ1n) is 9.51. The Bertz CT molecular complexity index is 858. The van der Waals surface area contributed by atoms with Crippen LogP contribution in [0.25, 0.3) is 0 Å². The molecule has 1 aliphatic rings. The van der Waals surface area contributed by atoms with Crippen molar-refractivity contribution < 1.29 is 18.8 Å². The molecule has 1 aliphatic heterocycles. The van der Waals surface area contributed by atoms with Gasteiger partial charge in [-0.25, -0.2) is 4.39 Å². The Hall–Kier alpha value is -3.02. The first kappa shape index (κ1) is 19.7. The van der Waals surface area contributed by atoms with Gasteiger partial charge in [0, 0.05) is 31.5 Å². The van der Waals surface area contributed by atoms with Crippen molar-refractivity contribution >= 4 is 23.3 Å². The van der Waals surface area contributed by atoms with Gasteiger partial charge in [0.15, 0.2) is 5.78 Å². The van der Waals surface area contributed by atoms with Crippen LogP contribution in [0.5, 0.6) is 0 Å². The summed E-state index contributed by atoms with van der Waals surface area (Å²) in [4.78, 5) is 39.0. The molecule has 2 aromatic rings. The summed E-state index contributed by atoms with van der Waals surface area (Å²) in [6.07, 6.45) is 3.12. The Morgan fingerprint density at radius 3 is 2.29 bits per heavy atom. The minimum atomic E-state index is -0.413. The molecule has 0 unspecified atom stereocenters. The average molecular weight is 382 g/mol. The average Bonchev–Trinajstić information content (AvgIpc) is 2.73. The van der Waals surface area contributed by atoms with Gasteiger partial charge in [-0.15, -0.1) is 0 Å². The van der Waals surface area contributed by atoms with Gasteiger partial charge in [0.2, 0.25) is 5.91 Å². The molecule has 1 fully saturated rings. The van der Waals surface area contributed by atoms with E-state index in [1.165, 1.54) is 24.3 Å². The van der Waals surface area contributed by atoms with Gasteiger partial charge in [0.25, 0.3) is 5.91 Å². The second-order valence-corrected chi connectivity index (χ2v) is 6.88. The summed E-state index contributed by atoms with van der Waals surface area (Å²) in [6.45, 7) is 1.46. The lowest BCUT2D eigenvalue weighted by molar-refractivity contribution is -0.116. The Labute approximate surface area is 163 Å². The number of piperidine rings is 1. The molecular formula is C22H23FN2O3. The Morgan fingerprint density at radius 1 is 0.893 bits per heavy atom. The zero-order valence-corrected chi connectivity index (χ0v) is 15.6. The van der Waals surface area contributed by atoms with Crippen LogP contribution in [-0.4, -0.2) is 35.6 Å². The highest BCUT2D eigenvalue weighted by Gasteiger charge is 2.21. The van der Waals surface area contributed by atoms with E-state index < -0.39 is 5.82 Å². The minimum absolute atomic E-state index is 0.0115. The van der Waals surface area contributed by atoms with Crippen LogP contribution in [0.4, 0.5) is 10.1 Å². The highest BCUT2D eigenvalue weighted by atomic mass is 19.1. The van der Waals surface area contributed by atoms with Crippen molar-refractivity contribution in [3.8, 4) is 0 Å². The SMILES string of the molecule is O=C(CCC(=O)c1ccc(F)cc1)Nc1ccccc1C(=O)N1CCCCC1. The molecule has 1 heterocycles. The molecule has 0 saturated carbocycles. The molecule has 146 valence electrons. The lowest BCUT2D eigenvalue weighted by Gasteiger charge is -2.27. The van der Waals surface area contributed by atoms with Crippen LogP contribution in [0.1, 0.15) is 52.8 Å². The van der Waals surface area contributed by atoms with Crippen LogP contribution in [0.2, 0.25) is 0 Å². The van der Waals surface area contributed by atoms with Crippen molar-refractivity contribution in [1.29, 1.82) is 0 Å². The molecule has 0 aromatic heterocycles. The molecule has 2 aromatic carbocycles.